The van der Waals surface area contributed by atoms with Crippen molar-refractivity contribution in [3.05, 3.63) is 93.7 Å². The molecule has 0 aliphatic heterocycles. The third-order valence-electron chi connectivity index (χ3n) is 4.78. The second-order valence-electron chi connectivity index (χ2n) is 6.91. The summed E-state index contributed by atoms with van der Waals surface area (Å²) in [6.07, 6.45) is 0. The number of rotatable bonds is 7. The van der Waals surface area contributed by atoms with E-state index in [1.165, 1.54) is 17.8 Å². The molecule has 4 aromatic rings. The molecule has 1 heterocycles. The van der Waals surface area contributed by atoms with Crippen molar-refractivity contribution in [2.45, 2.75) is 24.4 Å². The van der Waals surface area contributed by atoms with Crippen molar-refractivity contribution in [2.24, 2.45) is 0 Å². The summed E-state index contributed by atoms with van der Waals surface area (Å²) in [4.78, 5) is 16.9. The highest BCUT2D eigenvalue weighted by Crippen LogP contribution is 2.30. The molecule has 0 spiro atoms. The van der Waals surface area contributed by atoms with Crippen LogP contribution >= 0.6 is 27.7 Å². The predicted molar refractivity (Wildman–Crippen MR) is 125 cm³/mol. The molecule has 0 fully saturated rings. The van der Waals surface area contributed by atoms with Crippen LogP contribution in [0.25, 0.3) is 11.0 Å². The van der Waals surface area contributed by atoms with Crippen molar-refractivity contribution < 1.29 is 13.9 Å². The van der Waals surface area contributed by atoms with E-state index in [1.807, 2.05) is 30.3 Å². The van der Waals surface area contributed by atoms with Gasteiger partial charge in [0.05, 0.1) is 29.7 Å². The minimum absolute atomic E-state index is 0.253. The van der Waals surface area contributed by atoms with Crippen molar-refractivity contribution in [3.63, 3.8) is 0 Å². The van der Waals surface area contributed by atoms with Gasteiger partial charge in [0.1, 0.15) is 5.82 Å². The van der Waals surface area contributed by atoms with Crippen molar-refractivity contribution in [1.82, 2.24) is 9.55 Å². The van der Waals surface area contributed by atoms with Gasteiger partial charge in [0.2, 0.25) is 0 Å². The zero-order valence-electron chi connectivity index (χ0n) is 16.8. The van der Waals surface area contributed by atoms with Gasteiger partial charge in [-0.15, -0.1) is 0 Å². The first-order chi connectivity index (χ1) is 15.0. The Bertz CT molecular complexity index is 1230. The molecule has 158 valence electrons. The van der Waals surface area contributed by atoms with E-state index in [-0.39, 0.29) is 11.8 Å². The van der Waals surface area contributed by atoms with E-state index in [1.54, 1.807) is 25.1 Å². The van der Waals surface area contributed by atoms with E-state index >= 15 is 0 Å². The molecule has 1 aromatic heterocycles. The standard InChI is InChI=1S/C24H20BrFN2O2S/c1-2-30-23(29)17-9-11-22-21(12-17)27-24(28(22)14-16-6-4-3-5-7-16)31-15-18-8-10-19(25)13-20(18)26/h3-13H,2,14-15H2,1H3. The molecule has 0 saturated heterocycles. The molecule has 31 heavy (non-hydrogen) atoms. The molecular weight excluding hydrogens is 479 g/mol. The average Bonchev–Trinajstić information content (AvgIpc) is 3.10. The normalized spacial score (nSPS) is 11.1. The molecule has 4 rings (SSSR count). The smallest absolute Gasteiger partial charge is 0.338 e. The summed E-state index contributed by atoms with van der Waals surface area (Å²) >= 11 is 4.76. The Morgan fingerprint density at radius 3 is 2.68 bits per heavy atom. The first-order valence-corrected chi connectivity index (χ1v) is 11.6. The van der Waals surface area contributed by atoms with Gasteiger partial charge in [-0.25, -0.2) is 14.2 Å². The van der Waals surface area contributed by atoms with E-state index in [0.717, 1.165) is 16.2 Å². The first kappa shape index (κ1) is 21.6. The van der Waals surface area contributed by atoms with Crippen LogP contribution in [0.4, 0.5) is 4.39 Å². The maximum Gasteiger partial charge on any atom is 0.338 e. The molecule has 0 aliphatic carbocycles. The van der Waals surface area contributed by atoms with Crippen LogP contribution in [0.5, 0.6) is 0 Å². The summed E-state index contributed by atoms with van der Waals surface area (Å²) in [6.45, 7) is 2.72. The van der Waals surface area contributed by atoms with Crippen LogP contribution in [-0.2, 0) is 17.0 Å². The maximum atomic E-state index is 14.3. The molecule has 7 heteroatoms. The minimum Gasteiger partial charge on any atom is -0.462 e. The van der Waals surface area contributed by atoms with E-state index in [4.69, 9.17) is 9.72 Å². The topological polar surface area (TPSA) is 44.1 Å². The Morgan fingerprint density at radius 2 is 1.94 bits per heavy atom. The van der Waals surface area contributed by atoms with Crippen LogP contribution in [0.1, 0.15) is 28.4 Å². The van der Waals surface area contributed by atoms with Crippen LogP contribution in [-0.4, -0.2) is 22.1 Å². The predicted octanol–water partition coefficient (Wildman–Crippen LogP) is 6.46. The minimum atomic E-state index is -0.367. The number of hydrogen-bond donors (Lipinski definition) is 0. The van der Waals surface area contributed by atoms with E-state index < -0.39 is 0 Å². The molecule has 0 amide bonds. The summed E-state index contributed by atoms with van der Waals surface area (Å²) in [5.74, 6) is -0.174. The molecule has 0 atom stereocenters. The van der Waals surface area contributed by atoms with Crippen LogP contribution in [0.3, 0.4) is 0 Å². The van der Waals surface area contributed by atoms with Gasteiger partial charge in [0, 0.05) is 10.2 Å². The number of hydrogen-bond acceptors (Lipinski definition) is 4. The fourth-order valence-corrected chi connectivity index (χ4v) is 4.59. The van der Waals surface area contributed by atoms with E-state index in [9.17, 15) is 9.18 Å². The highest BCUT2D eigenvalue weighted by molar-refractivity contribution is 9.10. The quantitative estimate of drug-likeness (QED) is 0.216. The van der Waals surface area contributed by atoms with Gasteiger partial charge in [-0.3, -0.25) is 0 Å². The number of thioether (sulfide) groups is 1. The van der Waals surface area contributed by atoms with Crippen LogP contribution in [0.15, 0.2) is 76.4 Å². The zero-order valence-corrected chi connectivity index (χ0v) is 19.2. The highest BCUT2D eigenvalue weighted by atomic mass is 79.9. The summed E-state index contributed by atoms with van der Waals surface area (Å²) in [5, 5.41) is 0.766. The fraction of sp³-hybridized carbons (Fsp3) is 0.167. The number of carbonyl (C=O) groups excluding carboxylic acids is 1. The number of esters is 1. The number of carbonyl (C=O) groups is 1. The summed E-state index contributed by atoms with van der Waals surface area (Å²) in [6, 6.07) is 20.6. The van der Waals surface area contributed by atoms with Crippen LogP contribution in [0, 0.1) is 5.82 Å². The average molecular weight is 499 g/mol. The number of nitrogens with zero attached hydrogens (tertiary/aromatic N) is 2. The molecule has 0 bridgehead atoms. The molecule has 0 N–H and O–H groups in total. The Kier molecular flexibility index (Phi) is 6.73. The van der Waals surface area contributed by atoms with Crippen LogP contribution < -0.4 is 0 Å². The Balaban J connectivity index is 1.70. The van der Waals surface area contributed by atoms with Crippen molar-refractivity contribution in [2.75, 3.05) is 6.61 Å². The zero-order chi connectivity index (χ0) is 21.8. The van der Waals surface area contributed by atoms with Gasteiger partial charge in [-0.1, -0.05) is 64.1 Å². The molecule has 0 unspecified atom stereocenters. The number of fused-ring (bicyclic) bond motifs is 1. The molecule has 0 radical (unpaired) electrons. The number of ether oxygens (including phenoxy) is 1. The lowest BCUT2D eigenvalue weighted by molar-refractivity contribution is 0.0526. The lowest BCUT2D eigenvalue weighted by Gasteiger charge is -2.10. The summed E-state index contributed by atoms with van der Waals surface area (Å²) in [7, 11) is 0. The monoisotopic (exact) mass is 498 g/mol. The Labute approximate surface area is 192 Å². The second kappa shape index (κ2) is 9.66. The number of aromatic nitrogens is 2. The summed E-state index contributed by atoms with van der Waals surface area (Å²) < 4.78 is 22.2. The molecular formula is C24H20BrFN2O2S. The summed E-state index contributed by atoms with van der Waals surface area (Å²) in [5.41, 5.74) is 3.83. The second-order valence-corrected chi connectivity index (χ2v) is 8.77. The number of benzene rings is 3. The van der Waals surface area contributed by atoms with Crippen molar-refractivity contribution >= 4 is 44.7 Å². The molecule has 3 aromatic carbocycles. The molecule has 4 nitrogen and oxygen atoms in total. The van der Waals surface area contributed by atoms with E-state index in [0.29, 0.717) is 40.0 Å². The molecule has 0 saturated carbocycles. The first-order valence-electron chi connectivity index (χ1n) is 9.83. The maximum absolute atomic E-state index is 14.3. The lowest BCUT2D eigenvalue weighted by atomic mass is 10.2. The third-order valence-corrected chi connectivity index (χ3v) is 6.30. The van der Waals surface area contributed by atoms with E-state index in [2.05, 4.69) is 32.6 Å². The van der Waals surface area contributed by atoms with Gasteiger partial charge in [0.25, 0.3) is 0 Å². The van der Waals surface area contributed by atoms with Gasteiger partial charge in [0.15, 0.2) is 5.16 Å². The van der Waals surface area contributed by atoms with Gasteiger partial charge in [-0.05, 0) is 48.4 Å². The number of halogens is 2. The van der Waals surface area contributed by atoms with Gasteiger partial charge < -0.3 is 9.30 Å². The SMILES string of the molecule is CCOC(=O)c1ccc2c(c1)nc(SCc1ccc(Br)cc1F)n2Cc1ccccc1. The van der Waals surface area contributed by atoms with Crippen molar-refractivity contribution in [3.8, 4) is 0 Å². The Hall–Kier alpha value is -2.64. The van der Waals surface area contributed by atoms with Crippen molar-refractivity contribution in [1.29, 1.82) is 0 Å². The fourth-order valence-electron chi connectivity index (χ4n) is 3.26. The Morgan fingerprint density at radius 1 is 1.13 bits per heavy atom. The van der Waals surface area contributed by atoms with Gasteiger partial charge in [-0.2, -0.15) is 0 Å². The molecule has 0 aliphatic rings. The third kappa shape index (κ3) is 4.99. The van der Waals surface area contributed by atoms with Crippen LogP contribution in [0.2, 0.25) is 0 Å². The highest BCUT2D eigenvalue weighted by Gasteiger charge is 2.16. The largest absolute Gasteiger partial charge is 0.462 e. The number of imidazole rings is 1. The lowest BCUT2D eigenvalue weighted by Crippen LogP contribution is -2.05. The van der Waals surface area contributed by atoms with Gasteiger partial charge >= 0.3 is 5.97 Å².